The van der Waals surface area contributed by atoms with Gasteiger partial charge in [-0.2, -0.15) is 0 Å². The molecule has 2 aliphatic heterocycles. The zero-order valence-electron chi connectivity index (χ0n) is 11.7. The van der Waals surface area contributed by atoms with Gasteiger partial charge in [0.25, 0.3) is 0 Å². The smallest absolute Gasteiger partial charge is 0.122 e. The van der Waals surface area contributed by atoms with Crippen molar-refractivity contribution in [1.29, 1.82) is 0 Å². The summed E-state index contributed by atoms with van der Waals surface area (Å²) in [5.41, 5.74) is 0. The minimum absolute atomic E-state index is 0.695. The van der Waals surface area contributed by atoms with Crippen LogP contribution in [0.5, 0.6) is 0 Å². The number of aromatic nitrogens is 2. The van der Waals surface area contributed by atoms with Crippen molar-refractivity contribution in [3.8, 4) is 0 Å². The lowest BCUT2D eigenvalue weighted by atomic mass is 10.1. The first kappa shape index (κ1) is 13.1. The second-order valence-electron chi connectivity index (χ2n) is 5.58. The van der Waals surface area contributed by atoms with Crippen LogP contribution >= 0.6 is 0 Å². The summed E-state index contributed by atoms with van der Waals surface area (Å²) >= 11 is 0. The zero-order valence-corrected chi connectivity index (χ0v) is 11.7. The molecule has 0 amide bonds. The predicted octanol–water partition coefficient (Wildman–Crippen LogP) is 0.856. The van der Waals surface area contributed by atoms with Crippen LogP contribution in [0.25, 0.3) is 0 Å². The van der Waals surface area contributed by atoms with Crippen molar-refractivity contribution in [3.63, 3.8) is 0 Å². The average molecular weight is 264 g/mol. The fraction of sp³-hybridized carbons (Fsp3) is 0.786. The molecule has 0 aliphatic carbocycles. The molecule has 5 nitrogen and oxygen atoms in total. The van der Waals surface area contributed by atoms with E-state index in [2.05, 4.69) is 26.0 Å². The Balaban J connectivity index is 1.68. The maximum Gasteiger partial charge on any atom is 0.122 e. The number of ether oxygens (including phenoxy) is 1. The van der Waals surface area contributed by atoms with Crippen LogP contribution in [0.15, 0.2) is 12.4 Å². The summed E-state index contributed by atoms with van der Waals surface area (Å²) in [5, 5.41) is 3.55. The Bertz CT molecular complexity index is 392. The molecule has 19 heavy (non-hydrogen) atoms. The van der Waals surface area contributed by atoms with E-state index >= 15 is 0 Å². The molecule has 1 aromatic rings. The van der Waals surface area contributed by atoms with Crippen LogP contribution in [-0.4, -0.2) is 53.3 Å². The van der Waals surface area contributed by atoms with Gasteiger partial charge in [0.15, 0.2) is 0 Å². The quantitative estimate of drug-likeness (QED) is 0.856. The molecule has 2 saturated heterocycles. The number of hydrogen-bond acceptors (Lipinski definition) is 4. The van der Waals surface area contributed by atoms with Gasteiger partial charge in [0, 0.05) is 44.7 Å². The predicted molar refractivity (Wildman–Crippen MR) is 73.9 cm³/mol. The molecule has 2 bridgehead atoms. The third-order valence-corrected chi connectivity index (χ3v) is 4.47. The van der Waals surface area contributed by atoms with Gasteiger partial charge in [-0.1, -0.05) is 0 Å². The second kappa shape index (κ2) is 6.03. The molecule has 0 spiro atoms. The Morgan fingerprint density at radius 1 is 1.37 bits per heavy atom. The summed E-state index contributed by atoms with van der Waals surface area (Å²) in [4.78, 5) is 7.19. The van der Waals surface area contributed by atoms with Gasteiger partial charge in [-0.3, -0.25) is 4.90 Å². The number of hydrogen-bond donors (Lipinski definition) is 1. The molecule has 0 aromatic carbocycles. The lowest BCUT2D eigenvalue weighted by molar-refractivity contribution is 0.172. The molecular weight excluding hydrogens is 240 g/mol. The molecule has 0 unspecified atom stereocenters. The van der Waals surface area contributed by atoms with Crippen LogP contribution in [0, 0.1) is 0 Å². The zero-order chi connectivity index (χ0) is 13.1. The highest BCUT2D eigenvalue weighted by Crippen LogP contribution is 2.29. The normalized spacial score (nSPS) is 27.6. The number of fused-ring (bicyclic) bond motifs is 2. The standard InChI is InChI=1S/C14H24N4O/c1-19-9-8-17-7-6-16-14(17)11-18-12-2-3-13(18)10-15-5-4-12/h6-7,12-13,15H,2-5,8-11H2,1H3/t12-,13+/m1/s1. The van der Waals surface area contributed by atoms with Crippen LogP contribution < -0.4 is 5.32 Å². The SMILES string of the molecule is COCCn1ccnc1CN1[C@H]2CCNC[C@@H]1CC2. The minimum Gasteiger partial charge on any atom is -0.383 e. The third kappa shape index (κ3) is 2.83. The molecule has 2 aliphatic rings. The Hall–Kier alpha value is -0.910. The molecule has 5 heteroatoms. The van der Waals surface area contributed by atoms with E-state index in [9.17, 15) is 0 Å². The topological polar surface area (TPSA) is 42.3 Å². The van der Waals surface area contributed by atoms with E-state index in [0.29, 0.717) is 6.04 Å². The molecule has 2 fully saturated rings. The Labute approximate surface area is 114 Å². The molecule has 106 valence electrons. The number of nitrogens with zero attached hydrogens (tertiary/aromatic N) is 3. The molecule has 1 N–H and O–H groups in total. The maximum atomic E-state index is 5.16. The van der Waals surface area contributed by atoms with Crippen LogP contribution in [-0.2, 0) is 17.8 Å². The van der Waals surface area contributed by atoms with Gasteiger partial charge in [-0.25, -0.2) is 4.98 Å². The number of imidazole rings is 1. The van der Waals surface area contributed by atoms with E-state index in [0.717, 1.165) is 38.8 Å². The van der Waals surface area contributed by atoms with Gasteiger partial charge in [0.1, 0.15) is 5.82 Å². The van der Waals surface area contributed by atoms with Crippen LogP contribution in [0.4, 0.5) is 0 Å². The molecule has 3 rings (SSSR count). The third-order valence-electron chi connectivity index (χ3n) is 4.47. The molecule has 1 aromatic heterocycles. The van der Waals surface area contributed by atoms with E-state index in [1.165, 1.54) is 25.1 Å². The summed E-state index contributed by atoms with van der Waals surface area (Å²) in [7, 11) is 1.75. The highest BCUT2D eigenvalue weighted by Gasteiger charge is 2.35. The molecule has 0 saturated carbocycles. The van der Waals surface area contributed by atoms with Gasteiger partial charge < -0.3 is 14.6 Å². The van der Waals surface area contributed by atoms with E-state index in [1.807, 2.05) is 6.20 Å². The van der Waals surface area contributed by atoms with Crippen molar-refractivity contribution in [2.24, 2.45) is 0 Å². The van der Waals surface area contributed by atoms with Gasteiger partial charge in [0.05, 0.1) is 13.2 Å². The second-order valence-corrected chi connectivity index (χ2v) is 5.58. The lowest BCUT2D eigenvalue weighted by Crippen LogP contribution is -2.38. The maximum absolute atomic E-state index is 5.16. The number of rotatable bonds is 5. The van der Waals surface area contributed by atoms with Crippen molar-refractivity contribution in [1.82, 2.24) is 19.8 Å². The monoisotopic (exact) mass is 264 g/mol. The molecular formula is C14H24N4O. The number of methoxy groups -OCH3 is 1. The van der Waals surface area contributed by atoms with Crippen molar-refractivity contribution in [2.45, 2.75) is 44.4 Å². The summed E-state index contributed by atoms with van der Waals surface area (Å²) in [6.45, 7) is 4.92. The van der Waals surface area contributed by atoms with E-state index < -0.39 is 0 Å². The first-order valence-corrected chi connectivity index (χ1v) is 7.34. The van der Waals surface area contributed by atoms with Crippen molar-refractivity contribution >= 4 is 0 Å². The summed E-state index contributed by atoms with van der Waals surface area (Å²) in [5.74, 6) is 1.18. The van der Waals surface area contributed by atoms with Gasteiger partial charge in [-0.05, 0) is 25.8 Å². The summed E-state index contributed by atoms with van der Waals surface area (Å²) < 4.78 is 7.39. The van der Waals surface area contributed by atoms with Gasteiger partial charge in [0.2, 0.25) is 0 Å². The first-order valence-electron chi connectivity index (χ1n) is 7.34. The largest absolute Gasteiger partial charge is 0.383 e. The van der Waals surface area contributed by atoms with E-state index in [-0.39, 0.29) is 0 Å². The highest BCUT2D eigenvalue weighted by molar-refractivity contribution is 4.98. The fourth-order valence-electron chi connectivity index (χ4n) is 3.39. The average Bonchev–Trinajstić information content (AvgIpc) is 2.92. The number of nitrogens with one attached hydrogen (secondary N) is 1. The Morgan fingerprint density at radius 3 is 3.16 bits per heavy atom. The Kier molecular flexibility index (Phi) is 4.15. The van der Waals surface area contributed by atoms with E-state index in [1.54, 1.807) is 7.11 Å². The Morgan fingerprint density at radius 2 is 2.26 bits per heavy atom. The van der Waals surface area contributed by atoms with Crippen LogP contribution in [0.2, 0.25) is 0 Å². The van der Waals surface area contributed by atoms with Gasteiger partial charge in [-0.15, -0.1) is 0 Å². The molecule has 2 atom stereocenters. The fourth-order valence-corrected chi connectivity index (χ4v) is 3.39. The van der Waals surface area contributed by atoms with E-state index in [4.69, 9.17) is 4.74 Å². The summed E-state index contributed by atoms with van der Waals surface area (Å²) in [6.07, 6.45) is 7.92. The minimum atomic E-state index is 0.695. The molecule has 0 radical (unpaired) electrons. The van der Waals surface area contributed by atoms with Crippen molar-refractivity contribution in [2.75, 3.05) is 26.8 Å². The highest BCUT2D eigenvalue weighted by atomic mass is 16.5. The van der Waals surface area contributed by atoms with Crippen LogP contribution in [0.1, 0.15) is 25.1 Å². The lowest BCUT2D eigenvalue weighted by Gasteiger charge is -2.27. The van der Waals surface area contributed by atoms with Crippen LogP contribution in [0.3, 0.4) is 0 Å². The van der Waals surface area contributed by atoms with Crippen molar-refractivity contribution < 1.29 is 4.74 Å². The summed E-state index contributed by atoms with van der Waals surface area (Å²) in [6, 6.07) is 1.44. The first-order chi connectivity index (χ1) is 9.38. The van der Waals surface area contributed by atoms with Crippen molar-refractivity contribution in [3.05, 3.63) is 18.2 Å². The molecule has 3 heterocycles. The van der Waals surface area contributed by atoms with Gasteiger partial charge >= 0.3 is 0 Å².